The smallest absolute Gasteiger partial charge is 0.338 e. The zero-order valence-corrected chi connectivity index (χ0v) is 15.6. The number of esters is 1. The van der Waals surface area contributed by atoms with Gasteiger partial charge in [-0.3, -0.25) is 0 Å². The molecule has 2 aromatic carbocycles. The predicted octanol–water partition coefficient (Wildman–Crippen LogP) is 4.73. The van der Waals surface area contributed by atoms with Crippen LogP contribution in [0.15, 0.2) is 60.7 Å². The summed E-state index contributed by atoms with van der Waals surface area (Å²) in [6, 6.07) is 11.2. The van der Waals surface area contributed by atoms with Crippen molar-refractivity contribution in [2.75, 3.05) is 0 Å². The molecule has 0 amide bonds. The van der Waals surface area contributed by atoms with Crippen LogP contribution in [0.4, 0.5) is 0 Å². The number of aliphatic hydroxyl groups excluding tert-OH is 1. The van der Waals surface area contributed by atoms with Crippen molar-refractivity contribution in [2.24, 2.45) is 0 Å². The second-order valence-electron chi connectivity index (χ2n) is 6.45. The standard InChI is InChI=1S/C22H24O4/c1-13(2)21(23)25-19-9-7-17(8-10-19)18-11-15(5)20(16(6)12-18)26-22(24)14(3)4/h7-12,22,24H,1,3H2,2,4-6H3. The minimum absolute atomic E-state index is 0.355. The van der Waals surface area contributed by atoms with Gasteiger partial charge in [0.05, 0.1) is 0 Å². The average Bonchev–Trinajstić information content (AvgIpc) is 2.58. The number of carbonyl (C=O) groups is 1. The number of benzene rings is 2. The molecule has 0 saturated heterocycles. The minimum Gasteiger partial charge on any atom is -0.461 e. The van der Waals surface area contributed by atoms with Gasteiger partial charge in [0.1, 0.15) is 11.5 Å². The van der Waals surface area contributed by atoms with Crippen molar-refractivity contribution in [3.63, 3.8) is 0 Å². The Kier molecular flexibility index (Phi) is 6.01. The van der Waals surface area contributed by atoms with Crippen LogP contribution in [0.5, 0.6) is 11.5 Å². The summed E-state index contributed by atoms with van der Waals surface area (Å²) in [4.78, 5) is 11.6. The van der Waals surface area contributed by atoms with Gasteiger partial charge in [-0.2, -0.15) is 0 Å². The van der Waals surface area contributed by atoms with Gasteiger partial charge in [0.2, 0.25) is 6.29 Å². The van der Waals surface area contributed by atoms with Gasteiger partial charge in [0.25, 0.3) is 0 Å². The maximum absolute atomic E-state index is 11.6. The fraction of sp³-hybridized carbons (Fsp3) is 0.227. The molecule has 2 aromatic rings. The summed E-state index contributed by atoms with van der Waals surface area (Å²) in [6.45, 7) is 14.4. The second-order valence-corrected chi connectivity index (χ2v) is 6.45. The molecule has 136 valence electrons. The Balaban J connectivity index is 2.25. The van der Waals surface area contributed by atoms with E-state index in [9.17, 15) is 9.90 Å². The molecule has 0 heterocycles. The monoisotopic (exact) mass is 352 g/mol. The summed E-state index contributed by atoms with van der Waals surface area (Å²) in [5.41, 5.74) is 4.73. The summed E-state index contributed by atoms with van der Waals surface area (Å²) in [6.07, 6.45) is -1.03. The van der Waals surface area contributed by atoms with Crippen LogP contribution in [0.1, 0.15) is 25.0 Å². The zero-order chi connectivity index (χ0) is 19.4. The second kappa shape index (κ2) is 8.02. The van der Waals surface area contributed by atoms with E-state index in [4.69, 9.17) is 9.47 Å². The molecule has 0 spiro atoms. The topological polar surface area (TPSA) is 55.8 Å². The highest BCUT2D eigenvalue weighted by Gasteiger charge is 2.13. The minimum atomic E-state index is -1.03. The van der Waals surface area contributed by atoms with E-state index in [1.54, 1.807) is 26.0 Å². The average molecular weight is 352 g/mol. The molecule has 0 aliphatic rings. The van der Waals surface area contributed by atoms with Crippen molar-refractivity contribution in [1.82, 2.24) is 0 Å². The number of rotatable bonds is 6. The Bertz CT molecular complexity index is 824. The third-order valence-electron chi connectivity index (χ3n) is 3.86. The van der Waals surface area contributed by atoms with Gasteiger partial charge in [-0.25, -0.2) is 4.79 Å². The highest BCUT2D eigenvalue weighted by molar-refractivity contribution is 5.88. The maximum Gasteiger partial charge on any atom is 0.338 e. The van der Waals surface area contributed by atoms with Crippen LogP contribution in [0, 0.1) is 13.8 Å². The van der Waals surface area contributed by atoms with E-state index in [1.165, 1.54) is 0 Å². The first-order valence-corrected chi connectivity index (χ1v) is 8.28. The van der Waals surface area contributed by atoms with Crippen LogP contribution < -0.4 is 9.47 Å². The first-order chi connectivity index (χ1) is 12.2. The molecule has 4 nitrogen and oxygen atoms in total. The molecule has 0 aromatic heterocycles. The zero-order valence-electron chi connectivity index (χ0n) is 15.6. The molecular formula is C22H24O4. The van der Waals surface area contributed by atoms with E-state index in [-0.39, 0.29) is 0 Å². The van der Waals surface area contributed by atoms with E-state index < -0.39 is 12.3 Å². The van der Waals surface area contributed by atoms with Gasteiger partial charge in [0, 0.05) is 5.57 Å². The first kappa shape index (κ1) is 19.5. The molecule has 1 unspecified atom stereocenters. The number of aryl methyl sites for hydroxylation is 2. The van der Waals surface area contributed by atoms with Crippen molar-refractivity contribution in [3.05, 3.63) is 71.8 Å². The van der Waals surface area contributed by atoms with Crippen LogP contribution in [-0.2, 0) is 4.79 Å². The van der Waals surface area contributed by atoms with Gasteiger partial charge in [-0.1, -0.05) is 25.3 Å². The van der Waals surface area contributed by atoms with E-state index in [2.05, 4.69) is 13.2 Å². The summed E-state index contributed by atoms with van der Waals surface area (Å²) in [5.74, 6) is 0.679. The highest BCUT2D eigenvalue weighted by atomic mass is 16.6. The van der Waals surface area contributed by atoms with Gasteiger partial charge in [-0.15, -0.1) is 0 Å². The Hall–Kier alpha value is -2.85. The molecule has 0 aliphatic heterocycles. The molecule has 2 rings (SSSR count). The maximum atomic E-state index is 11.6. The van der Waals surface area contributed by atoms with Crippen molar-refractivity contribution in [2.45, 2.75) is 34.0 Å². The number of hydrogen-bond donors (Lipinski definition) is 1. The van der Waals surface area contributed by atoms with Crippen molar-refractivity contribution < 1.29 is 19.4 Å². The first-order valence-electron chi connectivity index (χ1n) is 8.28. The van der Waals surface area contributed by atoms with E-state index in [0.717, 1.165) is 22.3 Å². The fourth-order valence-electron chi connectivity index (χ4n) is 2.42. The van der Waals surface area contributed by atoms with Crippen LogP contribution in [0.3, 0.4) is 0 Å². The van der Waals surface area contributed by atoms with Gasteiger partial charge in [0.15, 0.2) is 0 Å². The summed E-state index contributed by atoms with van der Waals surface area (Å²) >= 11 is 0. The summed E-state index contributed by atoms with van der Waals surface area (Å²) in [5, 5.41) is 9.89. The van der Waals surface area contributed by atoms with Crippen LogP contribution in [0.2, 0.25) is 0 Å². The lowest BCUT2D eigenvalue weighted by Gasteiger charge is -2.18. The van der Waals surface area contributed by atoms with Gasteiger partial charge in [-0.05, 0) is 79.8 Å². The summed E-state index contributed by atoms with van der Waals surface area (Å²) in [7, 11) is 0. The van der Waals surface area contributed by atoms with Gasteiger partial charge < -0.3 is 14.6 Å². The molecule has 0 radical (unpaired) electrons. The third kappa shape index (κ3) is 4.61. The lowest BCUT2D eigenvalue weighted by Crippen LogP contribution is -2.17. The molecule has 4 heteroatoms. The number of ether oxygens (including phenoxy) is 2. The van der Waals surface area contributed by atoms with Crippen molar-refractivity contribution in [3.8, 4) is 22.6 Å². The summed E-state index contributed by atoms with van der Waals surface area (Å²) < 4.78 is 10.8. The Morgan fingerprint density at radius 1 is 1.00 bits per heavy atom. The molecular weight excluding hydrogens is 328 g/mol. The van der Waals surface area contributed by atoms with Crippen LogP contribution in [0.25, 0.3) is 11.1 Å². The van der Waals surface area contributed by atoms with E-state index >= 15 is 0 Å². The molecule has 1 atom stereocenters. The fourth-order valence-corrected chi connectivity index (χ4v) is 2.42. The van der Waals surface area contributed by atoms with E-state index in [0.29, 0.717) is 22.6 Å². The molecule has 26 heavy (non-hydrogen) atoms. The molecule has 0 bridgehead atoms. The molecule has 0 aliphatic carbocycles. The highest BCUT2D eigenvalue weighted by Crippen LogP contribution is 2.32. The quantitative estimate of drug-likeness (QED) is 0.269. The Morgan fingerprint density at radius 3 is 2.00 bits per heavy atom. The lowest BCUT2D eigenvalue weighted by molar-refractivity contribution is -0.130. The normalized spacial score (nSPS) is 11.6. The predicted molar refractivity (Wildman–Crippen MR) is 103 cm³/mol. The number of aliphatic hydroxyl groups is 1. The van der Waals surface area contributed by atoms with Crippen molar-refractivity contribution in [1.29, 1.82) is 0 Å². The number of hydrogen-bond acceptors (Lipinski definition) is 4. The molecule has 1 N–H and O–H groups in total. The molecule has 0 fully saturated rings. The number of carbonyl (C=O) groups excluding carboxylic acids is 1. The third-order valence-corrected chi connectivity index (χ3v) is 3.86. The van der Waals surface area contributed by atoms with Gasteiger partial charge >= 0.3 is 5.97 Å². The Labute approximate surface area is 154 Å². The largest absolute Gasteiger partial charge is 0.461 e. The molecule has 0 saturated carbocycles. The van der Waals surface area contributed by atoms with Crippen molar-refractivity contribution >= 4 is 5.97 Å². The lowest BCUT2D eigenvalue weighted by atomic mass is 9.99. The van der Waals surface area contributed by atoms with Crippen LogP contribution in [-0.4, -0.2) is 17.4 Å². The Morgan fingerprint density at radius 2 is 1.54 bits per heavy atom. The SMILES string of the molecule is C=C(C)C(=O)Oc1ccc(-c2cc(C)c(OC(O)C(=C)C)c(C)c2)cc1. The van der Waals surface area contributed by atoms with E-state index in [1.807, 2.05) is 38.1 Å². The van der Waals surface area contributed by atoms with Crippen LogP contribution >= 0.6 is 0 Å².